The van der Waals surface area contributed by atoms with Gasteiger partial charge in [0, 0.05) is 11.7 Å². The van der Waals surface area contributed by atoms with Crippen molar-refractivity contribution in [1.82, 2.24) is 10.2 Å². The van der Waals surface area contributed by atoms with E-state index >= 15 is 0 Å². The van der Waals surface area contributed by atoms with Crippen LogP contribution in [-0.4, -0.2) is 43.5 Å². The van der Waals surface area contributed by atoms with E-state index in [1.54, 1.807) is 0 Å². The highest BCUT2D eigenvalue weighted by atomic mass is 35.5. The zero-order valence-corrected chi connectivity index (χ0v) is 14.6. The molecule has 4 nitrogen and oxygen atoms in total. The van der Waals surface area contributed by atoms with E-state index in [1.807, 2.05) is 26.1 Å². The van der Waals surface area contributed by atoms with E-state index in [4.69, 9.17) is 0 Å². The van der Waals surface area contributed by atoms with Crippen molar-refractivity contribution < 1.29 is 4.79 Å². The molecule has 0 spiro atoms. The summed E-state index contributed by atoms with van der Waals surface area (Å²) in [5.74, 6) is 0.0834. The van der Waals surface area contributed by atoms with Gasteiger partial charge in [-0.3, -0.25) is 9.69 Å². The molecular weight excluding hydrogens is 298 g/mol. The number of nitrogens with one attached hydrogen (secondary N) is 2. The molecule has 1 aliphatic heterocycles. The van der Waals surface area contributed by atoms with Crippen molar-refractivity contribution in [3.8, 4) is 0 Å². The third kappa shape index (κ3) is 4.97. The minimum absolute atomic E-state index is 0. The molecule has 22 heavy (non-hydrogen) atoms. The Hall–Kier alpha value is -1.10. The first kappa shape index (κ1) is 18.9. The molecule has 1 aromatic carbocycles. The van der Waals surface area contributed by atoms with Crippen molar-refractivity contribution in [1.29, 1.82) is 0 Å². The zero-order valence-electron chi connectivity index (χ0n) is 13.8. The van der Waals surface area contributed by atoms with Crippen LogP contribution in [0.2, 0.25) is 0 Å². The fraction of sp³-hybridized carbons (Fsp3) is 0.588. The highest BCUT2D eigenvalue weighted by molar-refractivity contribution is 5.93. The van der Waals surface area contributed by atoms with Gasteiger partial charge in [-0.1, -0.05) is 25.1 Å². The normalized spacial score (nSPS) is 15.5. The average molecular weight is 326 g/mol. The highest BCUT2D eigenvalue weighted by Gasteiger charge is 2.20. The molecule has 0 unspecified atom stereocenters. The van der Waals surface area contributed by atoms with Crippen LogP contribution in [0.1, 0.15) is 30.9 Å². The first-order valence-corrected chi connectivity index (χ1v) is 7.91. The van der Waals surface area contributed by atoms with Gasteiger partial charge in [0.2, 0.25) is 5.91 Å². The number of rotatable bonds is 5. The second-order valence-corrected chi connectivity index (χ2v) is 5.91. The number of hydrogen-bond donors (Lipinski definition) is 2. The minimum Gasteiger partial charge on any atom is -0.324 e. The maximum atomic E-state index is 12.3. The van der Waals surface area contributed by atoms with E-state index in [-0.39, 0.29) is 18.3 Å². The second-order valence-electron chi connectivity index (χ2n) is 5.91. The summed E-state index contributed by atoms with van der Waals surface area (Å²) >= 11 is 0. The number of piperidine rings is 1. The fourth-order valence-corrected chi connectivity index (χ4v) is 2.98. The Morgan fingerprint density at radius 2 is 2.05 bits per heavy atom. The third-order valence-corrected chi connectivity index (χ3v) is 4.33. The monoisotopic (exact) mass is 325 g/mol. The lowest BCUT2D eigenvalue weighted by atomic mass is 10.0. The van der Waals surface area contributed by atoms with Crippen LogP contribution in [0.3, 0.4) is 0 Å². The summed E-state index contributed by atoms with van der Waals surface area (Å²) in [5, 5.41) is 6.46. The summed E-state index contributed by atoms with van der Waals surface area (Å²) < 4.78 is 0. The standard InChI is InChI=1S/C17H27N3O.ClH/c1-4-14-7-5-6-13(2)17(14)19-16(21)12-20(3)15-8-10-18-11-9-15;/h5-7,15,18H,4,8-12H2,1-3H3,(H,19,21);1H. The number of benzene rings is 1. The maximum absolute atomic E-state index is 12.3. The zero-order chi connectivity index (χ0) is 15.2. The molecule has 0 aromatic heterocycles. The van der Waals surface area contributed by atoms with Crippen molar-refractivity contribution in [3.63, 3.8) is 0 Å². The van der Waals surface area contributed by atoms with Gasteiger partial charge < -0.3 is 10.6 Å². The number of halogens is 1. The molecular formula is C17H28ClN3O. The number of carbonyl (C=O) groups is 1. The van der Waals surface area contributed by atoms with Gasteiger partial charge in [0.25, 0.3) is 0 Å². The van der Waals surface area contributed by atoms with E-state index in [1.165, 1.54) is 5.56 Å². The molecule has 5 heteroatoms. The SMILES string of the molecule is CCc1cccc(C)c1NC(=O)CN(C)C1CCNCC1.Cl. The van der Waals surface area contributed by atoms with Crippen LogP contribution in [0.15, 0.2) is 18.2 Å². The Morgan fingerprint density at radius 1 is 1.36 bits per heavy atom. The number of likely N-dealkylation sites (N-methyl/N-ethyl adjacent to an activating group) is 1. The average Bonchev–Trinajstić information content (AvgIpc) is 2.50. The van der Waals surface area contributed by atoms with Crippen LogP contribution < -0.4 is 10.6 Å². The third-order valence-electron chi connectivity index (χ3n) is 4.33. The molecule has 1 fully saturated rings. The van der Waals surface area contributed by atoms with Crippen LogP contribution in [0.4, 0.5) is 5.69 Å². The quantitative estimate of drug-likeness (QED) is 0.874. The molecule has 0 aliphatic carbocycles. The van der Waals surface area contributed by atoms with Crippen LogP contribution in [0.25, 0.3) is 0 Å². The molecule has 124 valence electrons. The Balaban J connectivity index is 0.00000242. The second kappa shape index (κ2) is 9.13. The fourth-order valence-electron chi connectivity index (χ4n) is 2.98. The number of nitrogens with zero attached hydrogens (tertiary/aromatic N) is 1. The van der Waals surface area contributed by atoms with E-state index in [9.17, 15) is 4.79 Å². The molecule has 0 saturated carbocycles. The largest absolute Gasteiger partial charge is 0.324 e. The van der Waals surface area contributed by atoms with Crippen LogP contribution in [0.5, 0.6) is 0 Å². The summed E-state index contributed by atoms with van der Waals surface area (Å²) in [4.78, 5) is 14.5. The van der Waals surface area contributed by atoms with E-state index < -0.39 is 0 Å². The van der Waals surface area contributed by atoms with Crippen molar-refractivity contribution in [3.05, 3.63) is 29.3 Å². The summed E-state index contributed by atoms with van der Waals surface area (Å²) in [7, 11) is 2.05. The van der Waals surface area contributed by atoms with Crippen LogP contribution >= 0.6 is 12.4 Å². The summed E-state index contributed by atoms with van der Waals surface area (Å²) in [6.07, 6.45) is 3.17. The molecule has 1 aliphatic rings. The van der Waals surface area contributed by atoms with Crippen LogP contribution in [0, 0.1) is 6.92 Å². The van der Waals surface area contributed by atoms with Crippen molar-refractivity contribution in [2.24, 2.45) is 0 Å². The molecule has 1 saturated heterocycles. The van der Waals surface area contributed by atoms with E-state index in [0.717, 1.165) is 43.6 Å². The van der Waals surface area contributed by atoms with Crippen LogP contribution in [-0.2, 0) is 11.2 Å². The first-order chi connectivity index (χ1) is 10.1. The highest BCUT2D eigenvalue weighted by Crippen LogP contribution is 2.21. The van der Waals surface area contributed by atoms with Gasteiger partial charge in [-0.2, -0.15) is 0 Å². The Labute approximate surface area is 140 Å². The maximum Gasteiger partial charge on any atom is 0.238 e. The molecule has 0 atom stereocenters. The number of aryl methyl sites for hydroxylation is 2. The number of para-hydroxylation sites is 1. The molecule has 1 amide bonds. The van der Waals surface area contributed by atoms with Gasteiger partial charge >= 0.3 is 0 Å². The molecule has 0 radical (unpaired) electrons. The summed E-state index contributed by atoms with van der Waals surface area (Å²) in [5.41, 5.74) is 3.32. The predicted molar refractivity (Wildman–Crippen MR) is 95.0 cm³/mol. The number of amides is 1. The van der Waals surface area contributed by atoms with Gasteiger partial charge in [0.15, 0.2) is 0 Å². The van der Waals surface area contributed by atoms with Gasteiger partial charge in [-0.05, 0) is 57.5 Å². The topological polar surface area (TPSA) is 44.4 Å². The van der Waals surface area contributed by atoms with Gasteiger partial charge in [0.1, 0.15) is 0 Å². The van der Waals surface area contributed by atoms with Crippen molar-refractivity contribution >= 4 is 24.0 Å². The predicted octanol–water partition coefficient (Wildman–Crippen LogP) is 2.60. The minimum atomic E-state index is 0. The molecule has 1 heterocycles. The Morgan fingerprint density at radius 3 is 2.68 bits per heavy atom. The smallest absolute Gasteiger partial charge is 0.238 e. The molecule has 0 bridgehead atoms. The number of carbonyl (C=O) groups excluding carboxylic acids is 1. The molecule has 1 aromatic rings. The first-order valence-electron chi connectivity index (χ1n) is 7.91. The number of hydrogen-bond acceptors (Lipinski definition) is 3. The van der Waals surface area contributed by atoms with Gasteiger partial charge in [0.05, 0.1) is 6.54 Å². The number of anilines is 1. The van der Waals surface area contributed by atoms with E-state index in [2.05, 4.69) is 28.5 Å². The Bertz CT molecular complexity index is 487. The van der Waals surface area contributed by atoms with E-state index in [0.29, 0.717) is 12.6 Å². The lowest BCUT2D eigenvalue weighted by Gasteiger charge is -2.31. The van der Waals surface area contributed by atoms with Gasteiger partial charge in [-0.15, -0.1) is 12.4 Å². The lowest BCUT2D eigenvalue weighted by molar-refractivity contribution is -0.117. The Kier molecular flexibility index (Phi) is 7.87. The molecule has 2 rings (SSSR count). The van der Waals surface area contributed by atoms with Crippen molar-refractivity contribution in [2.45, 2.75) is 39.2 Å². The summed E-state index contributed by atoms with van der Waals surface area (Å²) in [6, 6.07) is 6.69. The molecule has 2 N–H and O–H groups in total. The van der Waals surface area contributed by atoms with Gasteiger partial charge in [-0.25, -0.2) is 0 Å². The summed E-state index contributed by atoms with van der Waals surface area (Å²) in [6.45, 7) is 6.72. The lowest BCUT2D eigenvalue weighted by Crippen LogP contribution is -2.44. The van der Waals surface area contributed by atoms with Crippen molar-refractivity contribution in [2.75, 3.05) is 32.0 Å².